The average molecular weight is 266 g/mol. The lowest BCUT2D eigenvalue weighted by Gasteiger charge is -2.19. The first-order valence-electron chi connectivity index (χ1n) is 6.59. The third-order valence-electron chi connectivity index (χ3n) is 3.41. The van der Waals surface area contributed by atoms with Crippen LogP contribution in [0, 0.1) is 5.82 Å². The van der Waals surface area contributed by atoms with E-state index >= 15 is 0 Å². The Morgan fingerprint density at radius 1 is 1.63 bits per heavy atom. The summed E-state index contributed by atoms with van der Waals surface area (Å²) in [6.07, 6.45) is 3.35. The first kappa shape index (κ1) is 13.8. The number of hydrogen-bond acceptors (Lipinski definition) is 3. The summed E-state index contributed by atoms with van der Waals surface area (Å²) in [6.45, 7) is 3.11. The first-order chi connectivity index (χ1) is 9.06. The molecule has 2 unspecified atom stereocenters. The van der Waals surface area contributed by atoms with Crippen LogP contribution in [0.3, 0.4) is 0 Å². The van der Waals surface area contributed by atoms with Gasteiger partial charge in [-0.05, 0) is 50.9 Å². The predicted octanol–water partition coefficient (Wildman–Crippen LogP) is 2.47. The monoisotopic (exact) mass is 266 g/mol. The van der Waals surface area contributed by atoms with Crippen LogP contribution in [-0.4, -0.2) is 29.7 Å². The van der Waals surface area contributed by atoms with Gasteiger partial charge in [-0.15, -0.1) is 0 Å². The number of carboxylic acid groups (broad SMARTS) is 1. The van der Waals surface area contributed by atoms with E-state index in [1.807, 2.05) is 6.92 Å². The molecule has 1 aromatic rings. The van der Waals surface area contributed by atoms with E-state index in [1.54, 1.807) is 6.07 Å². The van der Waals surface area contributed by atoms with Crippen molar-refractivity contribution in [3.8, 4) is 0 Å². The molecule has 2 rings (SSSR count). The Morgan fingerprint density at radius 3 is 3.05 bits per heavy atom. The number of hydrogen-bond donors (Lipinski definition) is 3. The second-order valence-corrected chi connectivity index (χ2v) is 5.07. The molecule has 0 saturated carbocycles. The molecule has 0 radical (unpaired) electrons. The minimum Gasteiger partial charge on any atom is -0.478 e. The van der Waals surface area contributed by atoms with Crippen LogP contribution in [0.25, 0.3) is 0 Å². The van der Waals surface area contributed by atoms with Crippen molar-refractivity contribution in [1.82, 2.24) is 5.32 Å². The average Bonchev–Trinajstić information content (AvgIpc) is 2.84. The maximum Gasteiger partial charge on any atom is 0.338 e. The van der Waals surface area contributed by atoms with E-state index in [9.17, 15) is 9.18 Å². The van der Waals surface area contributed by atoms with Gasteiger partial charge in [-0.25, -0.2) is 9.18 Å². The van der Waals surface area contributed by atoms with Crippen molar-refractivity contribution in [3.63, 3.8) is 0 Å². The summed E-state index contributed by atoms with van der Waals surface area (Å²) in [5.41, 5.74) is 0.348. The van der Waals surface area contributed by atoms with Gasteiger partial charge in [-0.2, -0.15) is 0 Å². The van der Waals surface area contributed by atoms with Crippen molar-refractivity contribution >= 4 is 11.7 Å². The van der Waals surface area contributed by atoms with Crippen molar-refractivity contribution in [2.24, 2.45) is 0 Å². The number of carbonyl (C=O) groups is 1. The number of carboxylic acids is 1. The fourth-order valence-corrected chi connectivity index (χ4v) is 2.51. The largest absolute Gasteiger partial charge is 0.478 e. The second-order valence-electron chi connectivity index (χ2n) is 5.07. The number of aromatic carboxylic acids is 1. The van der Waals surface area contributed by atoms with Crippen LogP contribution in [0.15, 0.2) is 18.2 Å². The van der Waals surface area contributed by atoms with E-state index in [-0.39, 0.29) is 11.6 Å². The van der Waals surface area contributed by atoms with Gasteiger partial charge in [0.1, 0.15) is 5.82 Å². The van der Waals surface area contributed by atoms with Gasteiger partial charge in [-0.1, -0.05) is 0 Å². The van der Waals surface area contributed by atoms with Crippen LogP contribution < -0.4 is 10.6 Å². The summed E-state index contributed by atoms with van der Waals surface area (Å²) in [5, 5.41) is 15.5. The number of nitrogens with one attached hydrogen (secondary N) is 2. The molecule has 2 atom stereocenters. The van der Waals surface area contributed by atoms with Crippen molar-refractivity contribution in [3.05, 3.63) is 29.6 Å². The maximum absolute atomic E-state index is 13.3. The highest BCUT2D eigenvalue weighted by Crippen LogP contribution is 2.18. The standard InChI is InChI=1S/C14H19FN2O2/c1-9(7-10-3-2-6-16-10)17-11-4-5-13(15)12(8-11)14(18)19/h4-5,8-10,16-17H,2-3,6-7H2,1H3,(H,18,19). The zero-order valence-electron chi connectivity index (χ0n) is 10.9. The lowest BCUT2D eigenvalue weighted by atomic mass is 10.1. The molecular weight excluding hydrogens is 247 g/mol. The molecule has 0 bridgehead atoms. The number of benzene rings is 1. The summed E-state index contributed by atoms with van der Waals surface area (Å²) >= 11 is 0. The molecule has 1 aromatic carbocycles. The van der Waals surface area contributed by atoms with Crippen LogP contribution in [-0.2, 0) is 0 Å². The second kappa shape index (κ2) is 6.02. The smallest absolute Gasteiger partial charge is 0.338 e. The molecule has 1 saturated heterocycles. The van der Waals surface area contributed by atoms with E-state index < -0.39 is 11.8 Å². The Labute approximate surface area is 112 Å². The lowest BCUT2D eigenvalue weighted by molar-refractivity contribution is 0.0692. The van der Waals surface area contributed by atoms with Crippen LogP contribution in [0.4, 0.5) is 10.1 Å². The van der Waals surface area contributed by atoms with Crippen LogP contribution in [0.5, 0.6) is 0 Å². The van der Waals surface area contributed by atoms with E-state index in [1.165, 1.54) is 25.0 Å². The van der Waals surface area contributed by atoms with Crippen molar-refractivity contribution in [2.45, 2.75) is 38.3 Å². The highest BCUT2D eigenvalue weighted by atomic mass is 19.1. The van der Waals surface area contributed by atoms with Gasteiger partial charge in [0, 0.05) is 17.8 Å². The Morgan fingerprint density at radius 2 is 2.42 bits per heavy atom. The number of anilines is 1. The zero-order valence-corrected chi connectivity index (χ0v) is 10.9. The molecule has 0 aromatic heterocycles. The molecule has 1 heterocycles. The summed E-state index contributed by atoms with van der Waals surface area (Å²) < 4.78 is 13.3. The Bertz CT molecular complexity index is 459. The van der Waals surface area contributed by atoms with Gasteiger partial charge in [0.05, 0.1) is 5.56 Å². The van der Waals surface area contributed by atoms with Crippen molar-refractivity contribution < 1.29 is 14.3 Å². The lowest BCUT2D eigenvalue weighted by Crippen LogP contribution is -2.29. The molecule has 5 heteroatoms. The molecule has 0 amide bonds. The first-order valence-corrected chi connectivity index (χ1v) is 6.59. The molecule has 4 nitrogen and oxygen atoms in total. The van der Waals surface area contributed by atoms with Crippen LogP contribution in [0.1, 0.15) is 36.5 Å². The van der Waals surface area contributed by atoms with Crippen LogP contribution >= 0.6 is 0 Å². The third-order valence-corrected chi connectivity index (χ3v) is 3.41. The van der Waals surface area contributed by atoms with Gasteiger partial charge in [0.2, 0.25) is 0 Å². The van der Waals surface area contributed by atoms with Gasteiger partial charge in [0.25, 0.3) is 0 Å². The fraction of sp³-hybridized carbons (Fsp3) is 0.500. The van der Waals surface area contributed by atoms with E-state index in [0.717, 1.165) is 13.0 Å². The molecule has 1 aliphatic rings. The quantitative estimate of drug-likeness (QED) is 0.766. The highest BCUT2D eigenvalue weighted by Gasteiger charge is 2.17. The third kappa shape index (κ3) is 3.67. The predicted molar refractivity (Wildman–Crippen MR) is 72.1 cm³/mol. The SMILES string of the molecule is CC(CC1CCCN1)Nc1ccc(F)c(C(=O)O)c1. The summed E-state index contributed by atoms with van der Waals surface area (Å²) in [6, 6.07) is 4.83. The minimum atomic E-state index is -1.24. The summed E-state index contributed by atoms with van der Waals surface area (Å²) in [4.78, 5) is 10.9. The molecule has 3 N–H and O–H groups in total. The normalized spacial score (nSPS) is 20.2. The minimum absolute atomic E-state index is 0.211. The topological polar surface area (TPSA) is 61.4 Å². The summed E-state index contributed by atoms with van der Waals surface area (Å²) in [7, 11) is 0. The Hall–Kier alpha value is -1.62. The van der Waals surface area contributed by atoms with E-state index in [4.69, 9.17) is 5.11 Å². The molecule has 1 aliphatic heterocycles. The maximum atomic E-state index is 13.3. The highest BCUT2D eigenvalue weighted by molar-refractivity contribution is 5.89. The molecule has 19 heavy (non-hydrogen) atoms. The van der Waals surface area contributed by atoms with Gasteiger partial charge in [-0.3, -0.25) is 0 Å². The molecule has 0 spiro atoms. The summed E-state index contributed by atoms with van der Waals surface area (Å²) in [5.74, 6) is -1.95. The Balaban J connectivity index is 1.98. The van der Waals surface area contributed by atoms with E-state index in [0.29, 0.717) is 11.7 Å². The molecular formula is C14H19FN2O2. The number of rotatable bonds is 5. The Kier molecular flexibility index (Phi) is 4.37. The fourth-order valence-electron chi connectivity index (χ4n) is 2.51. The number of halogens is 1. The van der Waals surface area contributed by atoms with Crippen molar-refractivity contribution in [1.29, 1.82) is 0 Å². The zero-order chi connectivity index (χ0) is 13.8. The van der Waals surface area contributed by atoms with Crippen LogP contribution in [0.2, 0.25) is 0 Å². The van der Waals surface area contributed by atoms with E-state index in [2.05, 4.69) is 10.6 Å². The molecule has 104 valence electrons. The molecule has 0 aliphatic carbocycles. The molecule has 1 fully saturated rings. The van der Waals surface area contributed by atoms with Crippen molar-refractivity contribution in [2.75, 3.05) is 11.9 Å². The van der Waals surface area contributed by atoms with Gasteiger partial charge < -0.3 is 15.7 Å². The van der Waals surface area contributed by atoms with Gasteiger partial charge >= 0.3 is 5.97 Å². The van der Waals surface area contributed by atoms with Gasteiger partial charge in [0.15, 0.2) is 0 Å².